The van der Waals surface area contributed by atoms with E-state index in [2.05, 4.69) is 25.8 Å². The maximum Gasteiger partial charge on any atom is 0.395 e. The summed E-state index contributed by atoms with van der Waals surface area (Å²) in [6, 6.07) is 8.00. The molecule has 4 nitrogen and oxygen atoms in total. The largest absolute Gasteiger partial charge is 0.489 e. The fourth-order valence-electron chi connectivity index (χ4n) is 4.15. The number of benzene rings is 1. The Morgan fingerprint density at radius 1 is 1.23 bits per heavy atom. The van der Waals surface area contributed by atoms with Gasteiger partial charge in [0.05, 0.1) is 5.56 Å². The summed E-state index contributed by atoms with van der Waals surface area (Å²) in [7, 11) is -0.698. The molecule has 1 aromatic heterocycles. The summed E-state index contributed by atoms with van der Waals surface area (Å²) in [4.78, 5) is 16.4. The second-order valence-electron chi connectivity index (χ2n) is 7.94. The topological polar surface area (TPSA) is 70.4 Å². The van der Waals surface area contributed by atoms with Gasteiger partial charge in [0.25, 0.3) is 10.9 Å². The molecule has 1 heterocycles. The summed E-state index contributed by atoms with van der Waals surface area (Å²) in [5, 5.41) is 21.1. The summed E-state index contributed by atoms with van der Waals surface area (Å²) in [5.41, 5.74) is 2.07. The summed E-state index contributed by atoms with van der Waals surface area (Å²) in [6.45, 7) is 8.71. The third-order valence-electron chi connectivity index (χ3n) is 5.60. The lowest BCUT2D eigenvalue weighted by molar-refractivity contribution is 0.0698. The summed E-state index contributed by atoms with van der Waals surface area (Å²) < 4.78 is 0. The van der Waals surface area contributed by atoms with Gasteiger partial charge in [-0.2, -0.15) is 4.98 Å². The van der Waals surface area contributed by atoms with Crippen LogP contribution in [-0.4, -0.2) is 21.2 Å². The SMILES string of the molecule is Cc1ccc(-c2nc(O)c(C(=O)O)[s+]2[C@@H]2C[C@H](C)CC[C@H]2C(C)C)cc1. The molecule has 1 fully saturated rings. The van der Waals surface area contributed by atoms with E-state index in [4.69, 9.17) is 0 Å². The van der Waals surface area contributed by atoms with Crippen LogP contribution in [0, 0.1) is 24.7 Å². The van der Waals surface area contributed by atoms with Gasteiger partial charge < -0.3 is 10.2 Å². The number of rotatable bonds is 4. The lowest BCUT2D eigenvalue weighted by atomic mass is 9.77. The van der Waals surface area contributed by atoms with Crippen LogP contribution >= 0.6 is 10.5 Å². The van der Waals surface area contributed by atoms with Gasteiger partial charge in [-0.3, -0.25) is 0 Å². The molecule has 1 unspecified atom stereocenters. The molecule has 1 aliphatic rings. The number of carboxylic acid groups (broad SMARTS) is 1. The van der Waals surface area contributed by atoms with Gasteiger partial charge in [-0.15, -0.1) is 0 Å². The van der Waals surface area contributed by atoms with Gasteiger partial charge in [-0.05, 0) is 37.3 Å². The number of thiazole rings is 1. The third-order valence-corrected chi connectivity index (χ3v) is 8.28. The van der Waals surface area contributed by atoms with Crippen LogP contribution in [0.5, 0.6) is 5.88 Å². The number of aryl methyl sites for hydroxylation is 1. The van der Waals surface area contributed by atoms with Crippen molar-refractivity contribution in [1.82, 2.24) is 4.98 Å². The molecule has 0 radical (unpaired) electrons. The van der Waals surface area contributed by atoms with Gasteiger partial charge in [-0.25, -0.2) is 4.79 Å². The molecule has 0 aliphatic heterocycles. The number of hydrogen-bond acceptors (Lipinski definition) is 3. The Labute approximate surface area is 157 Å². The zero-order valence-electron chi connectivity index (χ0n) is 15.9. The van der Waals surface area contributed by atoms with E-state index in [-0.39, 0.29) is 16.0 Å². The molecule has 3 rings (SSSR count). The van der Waals surface area contributed by atoms with Crippen LogP contribution in [0.2, 0.25) is 0 Å². The van der Waals surface area contributed by atoms with Gasteiger partial charge in [0.2, 0.25) is 0 Å². The number of aromatic hydroxyl groups is 1. The van der Waals surface area contributed by atoms with Gasteiger partial charge in [0, 0.05) is 22.8 Å². The third kappa shape index (κ3) is 3.50. The Morgan fingerprint density at radius 3 is 2.46 bits per heavy atom. The van der Waals surface area contributed by atoms with Crippen molar-refractivity contribution in [1.29, 1.82) is 0 Å². The maximum atomic E-state index is 12.0. The fourth-order valence-corrected chi connectivity index (χ4v) is 7.26. The van der Waals surface area contributed by atoms with Gasteiger partial charge in [0.1, 0.15) is 5.25 Å². The molecule has 1 aromatic carbocycles. The Kier molecular flexibility index (Phi) is 5.37. The fraction of sp³-hybridized carbons (Fsp3) is 0.524. The molecule has 0 amide bonds. The standard InChI is InChI=1S/C21H27NO3S/c1-12(2)16-10-7-14(4)11-17(16)26-18(21(24)25)19(23)22-20(26)15-8-5-13(3)6-9-15/h5-6,8-9,12,14,16-17H,7,10-11H2,1-4H3,(H-,23,24,25)/p+1/t14-,16+,17-,26?/m1/s1. The number of aromatic nitrogens is 1. The highest BCUT2D eigenvalue weighted by atomic mass is 32.2. The molecule has 0 spiro atoms. The van der Waals surface area contributed by atoms with Crippen LogP contribution in [0.1, 0.15) is 60.5 Å². The number of aromatic carboxylic acids is 1. The van der Waals surface area contributed by atoms with Crippen LogP contribution < -0.4 is 0 Å². The lowest BCUT2D eigenvalue weighted by Crippen LogP contribution is -2.24. The molecule has 0 saturated heterocycles. The summed E-state index contributed by atoms with van der Waals surface area (Å²) >= 11 is 0. The number of hydrogen-bond donors (Lipinski definition) is 2. The molecule has 1 saturated carbocycles. The first kappa shape index (κ1) is 18.9. The Bertz CT molecular complexity index is 794. The monoisotopic (exact) mass is 374 g/mol. The van der Waals surface area contributed by atoms with E-state index >= 15 is 0 Å². The molecule has 0 bridgehead atoms. The van der Waals surface area contributed by atoms with Crippen LogP contribution in [0.15, 0.2) is 24.3 Å². The Morgan fingerprint density at radius 2 is 1.88 bits per heavy atom. The predicted octanol–water partition coefficient (Wildman–Crippen LogP) is 5.84. The van der Waals surface area contributed by atoms with E-state index < -0.39 is 16.4 Å². The predicted molar refractivity (Wildman–Crippen MR) is 106 cm³/mol. The highest BCUT2D eigenvalue weighted by Gasteiger charge is 2.46. The van der Waals surface area contributed by atoms with E-state index in [1.54, 1.807) is 0 Å². The van der Waals surface area contributed by atoms with E-state index in [1.165, 1.54) is 6.42 Å². The first-order valence-corrected chi connectivity index (χ1v) is 10.6. The van der Waals surface area contributed by atoms with Crippen molar-refractivity contribution in [3.8, 4) is 16.5 Å². The van der Waals surface area contributed by atoms with E-state index in [9.17, 15) is 15.0 Å². The van der Waals surface area contributed by atoms with Crippen molar-refractivity contribution < 1.29 is 15.0 Å². The van der Waals surface area contributed by atoms with Gasteiger partial charge in [0.15, 0.2) is 0 Å². The number of nitrogens with zero attached hydrogens (tertiary/aromatic N) is 1. The minimum Gasteiger partial charge on any atom is -0.489 e. The first-order chi connectivity index (χ1) is 12.3. The minimum atomic E-state index is -1.04. The van der Waals surface area contributed by atoms with Crippen molar-refractivity contribution >= 4 is 16.4 Å². The van der Waals surface area contributed by atoms with Crippen molar-refractivity contribution in [2.24, 2.45) is 17.8 Å². The van der Waals surface area contributed by atoms with Crippen molar-refractivity contribution in [3.05, 3.63) is 34.7 Å². The van der Waals surface area contributed by atoms with Crippen LogP contribution in [0.3, 0.4) is 0 Å². The minimum absolute atomic E-state index is 0.102. The lowest BCUT2D eigenvalue weighted by Gasteiger charge is -2.33. The normalized spacial score (nSPS) is 24.0. The van der Waals surface area contributed by atoms with E-state index in [0.29, 0.717) is 17.8 Å². The van der Waals surface area contributed by atoms with E-state index in [0.717, 1.165) is 29.0 Å². The zero-order chi connectivity index (χ0) is 19.0. The number of carbonyl (C=O) groups is 1. The molecular weight excluding hydrogens is 346 g/mol. The molecule has 4 atom stereocenters. The molecular formula is C21H28NO3S+. The molecule has 5 heteroatoms. The Balaban J connectivity index is 2.19. The molecule has 140 valence electrons. The highest BCUT2D eigenvalue weighted by Crippen LogP contribution is 2.57. The Hall–Kier alpha value is -1.88. The molecule has 2 aromatic rings. The van der Waals surface area contributed by atoms with Crippen LogP contribution in [0.25, 0.3) is 10.6 Å². The number of carboxylic acids is 1. The van der Waals surface area contributed by atoms with Crippen molar-refractivity contribution in [2.45, 2.75) is 52.2 Å². The van der Waals surface area contributed by atoms with E-state index in [1.807, 2.05) is 31.2 Å². The second kappa shape index (κ2) is 7.39. The van der Waals surface area contributed by atoms with Crippen LogP contribution in [-0.2, 0) is 0 Å². The quantitative estimate of drug-likeness (QED) is 0.659. The van der Waals surface area contributed by atoms with Crippen molar-refractivity contribution in [3.63, 3.8) is 0 Å². The van der Waals surface area contributed by atoms with Gasteiger partial charge in [-0.1, -0.05) is 44.9 Å². The highest BCUT2D eigenvalue weighted by molar-refractivity contribution is 7.36. The second-order valence-corrected chi connectivity index (χ2v) is 10.0. The smallest absolute Gasteiger partial charge is 0.395 e. The average molecular weight is 375 g/mol. The van der Waals surface area contributed by atoms with Crippen molar-refractivity contribution in [2.75, 3.05) is 0 Å². The molecule has 26 heavy (non-hydrogen) atoms. The molecule has 1 aliphatic carbocycles. The average Bonchev–Trinajstić information content (AvgIpc) is 2.92. The van der Waals surface area contributed by atoms with Crippen LogP contribution in [0.4, 0.5) is 0 Å². The molecule has 2 N–H and O–H groups in total. The summed E-state index contributed by atoms with van der Waals surface area (Å²) in [5.74, 6) is 0.150. The maximum absolute atomic E-state index is 12.0. The zero-order valence-corrected chi connectivity index (χ0v) is 16.7. The summed E-state index contributed by atoms with van der Waals surface area (Å²) in [6.07, 6.45) is 3.29. The van der Waals surface area contributed by atoms with Gasteiger partial charge >= 0.3 is 10.8 Å². The first-order valence-electron chi connectivity index (χ1n) is 9.35.